The van der Waals surface area contributed by atoms with E-state index in [0.29, 0.717) is 18.1 Å². The Morgan fingerprint density at radius 1 is 1.52 bits per heavy atom. The number of pyridine rings is 1. The van der Waals surface area contributed by atoms with Gasteiger partial charge in [0.25, 0.3) is 0 Å². The van der Waals surface area contributed by atoms with Crippen LogP contribution in [0.3, 0.4) is 0 Å². The number of ether oxygens (including phenoxy) is 1. The molecule has 1 aliphatic carbocycles. The summed E-state index contributed by atoms with van der Waals surface area (Å²) >= 11 is 0. The average molecular weight is 317 g/mol. The van der Waals surface area contributed by atoms with Crippen LogP contribution in [0.1, 0.15) is 43.0 Å². The van der Waals surface area contributed by atoms with Crippen LogP contribution in [0.25, 0.3) is 11.0 Å². The van der Waals surface area contributed by atoms with Crippen molar-refractivity contribution in [3.05, 3.63) is 24.0 Å². The quantitative estimate of drug-likeness (QED) is 0.738. The fourth-order valence-corrected chi connectivity index (χ4v) is 3.32. The zero-order valence-electron chi connectivity index (χ0n) is 13.3. The van der Waals surface area contributed by atoms with Crippen molar-refractivity contribution < 1.29 is 14.6 Å². The van der Waals surface area contributed by atoms with Gasteiger partial charge >= 0.3 is 5.97 Å². The zero-order chi connectivity index (χ0) is 16.2. The summed E-state index contributed by atoms with van der Waals surface area (Å²) in [4.78, 5) is 19.6. The molecule has 0 amide bonds. The molecular formula is C17H23N3O3. The predicted molar refractivity (Wildman–Crippen MR) is 88.5 cm³/mol. The summed E-state index contributed by atoms with van der Waals surface area (Å²) in [6.07, 6.45) is 7.47. The largest absolute Gasteiger partial charge is 0.462 e. The molecule has 1 saturated carbocycles. The molecule has 0 bridgehead atoms. The van der Waals surface area contributed by atoms with E-state index in [9.17, 15) is 9.90 Å². The number of carbonyl (C=O) groups is 1. The van der Waals surface area contributed by atoms with Crippen LogP contribution in [0.2, 0.25) is 0 Å². The van der Waals surface area contributed by atoms with E-state index < -0.39 is 0 Å². The van der Waals surface area contributed by atoms with Crippen molar-refractivity contribution in [3.8, 4) is 0 Å². The highest BCUT2D eigenvalue weighted by Crippen LogP contribution is 2.31. The molecule has 2 aromatic heterocycles. The first kappa shape index (κ1) is 15.8. The van der Waals surface area contributed by atoms with E-state index in [0.717, 1.165) is 42.4 Å². The van der Waals surface area contributed by atoms with Gasteiger partial charge in [-0.05, 0) is 38.2 Å². The van der Waals surface area contributed by atoms with Gasteiger partial charge in [-0.2, -0.15) is 0 Å². The van der Waals surface area contributed by atoms with E-state index in [-0.39, 0.29) is 18.6 Å². The molecule has 0 saturated heterocycles. The third-order valence-corrected chi connectivity index (χ3v) is 4.47. The minimum Gasteiger partial charge on any atom is -0.462 e. The Kier molecular flexibility index (Phi) is 4.81. The number of nitrogens with zero attached hydrogens (tertiary/aromatic N) is 1. The van der Waals surface area contributed by atoms with E-state index in [1.54, 1.807) is 13.1 Å². The van der Waals surface area contributed by atoms with Crippen molar-refractivity contribution in [2.75, 3.05) is 18.5 Å². The highest BCUT2D eigenvalue weighted by atomic mass is 16.5. The zero-order valence-corrected chi connectivity index (χ0v) is 13.3. The molecule has 0 aromatic carbocycles. The van der Waals surface area contributed by atoms with Gasteiger partial charge in [-0.15, -0.1) is 0 Å². The molecule has 0 unspecified atom stereocenters. The van der Waals surface area contributed by atoms with Crippen molar-refractivity contribution in [2.24, 2.45) is 5.92 Å². The van der Waals surface area contributed by atoms with Gasteiger partial charge < -0.3 is 20.1 Å². The molecule has 2 heterocycles. The first-order valence-corrected chi connectivity index (χ1v) is 8.23. The lowest BCUT2D eigenvalue weighted by Gasteiger charge is -2.30. The summed E-state index contributed by atoms with van der Waals surface area (Å²) < 4.78 is 5.16. The summed E-state index contributed by atoms with van der Waals surface area (Å²) in [6.45, 7) is 2.35. The number of hydrogen-bond acceptors (Lipinski definition) is 5. The van der Waals surface area contributed by atoms with E-state index in [1.165, 1.54) is 0 Å². The van der Waals surface area contributed by atoms with Gasteiger partial charge in [-0.25, -0.2) is 9.78 Å². The lowest BCUT2D eigenvalue weighted by Crippen LogP contribution is -2.29. The number of aliphatic hydroxyl groups is 1. The molecular weight excluding hydrogens is 294 g/mol. The topological polar surface area (TPSA) is 87.2 Å². The fourth-order valence-electron chi connectivity index (χ4n) is 3.32. The van der Waals surface area contributed by atoms with Crippen molar-refractivity contribution in [1.29, 1.82) is 0 Å². The monoisotopic (exact) mass is 317 g/mol. The number of aromatic amines is 1. The number of anilines is 1. The Balaban J connectivity index is 1.92. The molecule has 1 fully saturated rings. The molecule has 2 atom stereocenters. The molecule has 0 radical (unpaired) electrons. The van der Waals surface area contributed by atoms with Crippen LogP contribution < -0.4 is 5.32 Å². The minimum absolute atomic E-state index is 0.221. The molecule has 6 nitrogen and oxygen atoms in total. The molecule has 1 aliphatic rings. The second-order valence-electron chi connectivity index (χ2n) is 6.06. The number of rotatable bonds is 5. The molecule has 3 rings (SSSR count). The van der Waals surface area contributed by atoms with Crippen LogP contribution in [0, 0.1) is 5.92 Å². The van der Waals surface area contributed by atoms with E-state index >= 15 is 0 Å². The molecule has 0 spiro atoms. The number of aromatic nitrogens is 2. The molecule has 6 heteroatoms. The number of aliphatic hydroxyl groups excluding tert-OH is 1. The Morgan fingerprint density at radius 2 is 2.39 bits per heavy atom. The Bertz CT molecular complexity index is 683. The molecule has 0 aliphatic heterocycles. The maximum atomic E-state index is 12.2. The Labute approximate surface area is 135 Å². The second-order valence-corrected chi connectivity index (χ2v) is 6.06. The minimum atomic E-state index is -0.361. The summed E-state index contributed by atoms with van der Waals surface area (Å²) in [5.41, 5.74) is 1.98. The molecule has 2 aromatic rings. The smallest absolute Gasteiger partial charge is 0.341 e. The van der Waals surface area contributed by atoms with Crippen molar-refractivity contribution in [3.63, 3.8) is 0 Å². The van der Waals surface area contributed by atoms with Gasteiger partial charge in [0.15, 0.2) is 0 Å². The molecule has 23 heavy (non-hydrogen) atoms. The van der Waals surface area contributed by atoms with Gasteiger partial charge in [0.05, 0.1) is 12.3 Å². The number of fused-ring (bicyclic) bond motifs is 1. The third kappa shape index (κ3) is 3.32. The lowest BCUT2D eigenvalue weighted by atomic mass is 9.86. The summed E-state index contributed by atoms with van der Waals surface area (Å²) in [7, 11) is 0. The maximum absolute atomic E-state index is 12.2. The lowest BCUT2D eigenvalue weighted by molar-refractivity contribution is 0.0527. The summed E-state index contributed by atoms with van der Waals surface area (Å²) in [5.74, 6) is -0.0315. The molecule has 124 valence electrons. The van der Waals surface area contributed by atoms with Crippen LogP contribution in [-0.2, 0) is 4.74 Å². The van der Waals surface area contributed by atoms with Crippen LogP contribution in [-0.4, -0.2) is 40.3 Å². The maximum Gasteiger partial charge on any atom is 0.341 e. The highest BCUT2D eigenvalue weighted by Gasteiger charge is 2.24. The van der Waals surface area contributed by atoms with Gasteiger partial charge in [-0.3, -0.25) is 0 Å². The average Bonchev–Trinajstić information content (AvgIpc) is 3.04. The fraction of sp³-hybridized carbons (Fsp3) is 0.529. The Morgan fingerprint density at radius 3 is 3.17 bits per heavy atom. The van der Waals surface area contributed by atoms with E-state index in [4.69, 9.17) is 4.74 Å². The van der Waals surface area contributed by atoms with Gasteiger partial charge in [0, 0.05) is 30.4 Å². The number of esters is 1. The summed E-state index contributed by atoms with van der Waals surface area (Å²) in [6, 6.07) is 2.16. The number of carbonyl (C=O) groups excluding carboxylic acids is 1. The SMILES string of the molecule is CCOC(=O)c1cnc2[nH]ccc2c1N[C@@H]1CCC[C@@H](CO)C1. The highest BCUT2D eigenvalue weighted by molar-refractivity contribution is 6.04. The third-order valence-electron chi connectivity index (χ3n) is 4.47. The normalized spacial score (nSPS) is 21.3. The number of hydrogen-bond donors (Lipinski definition) is 3. The van der Waals surface area contributed by atoms with Gasteiger partial charge in [0.2, 0.25) is 0 Å². The first-order chi connectivity index (χ1) is 11.2. The van der Waals surface area contributed by atoms with Crippen molar-refractivity contribution in [2.45, 2.75) is 38.6 Å². The van der Waals surface area contributed by atoms with Crippen LogP contribution in [0.15, 0.2) is 18.5 Å². The van der Waals surface area contributed by atoms with Crippen molar-refractivity contribution in [1.82, 2.24) is 9.97 Å². The number of H-pyrrole nitrogens is 1. The first-order valence-electron chi connectivity index (χ1n) is 8.23. The second kappa shape index (κ2) is 7.00. The Hall–Kier alpha value is -2.08. The molecule has 3 N–H and O–H groups in total. The van der Waals surface area contributed by atoms with Crippen molar-refractivity contribution >= 4 is 22.7 Å². The van der Waals surface area contributed by atoms with Gasteiger partial charge in [0.1, 0.15) is 11.2 Å². The van der Waals surface area contributed by atoms with E-state index in [2.05, 4.69) is 15.3 Å². The predicted octanol–water partition coefficient (Wildman–Crippen LogP) is 2.70. The standard InChI is InChI=1S/C17H23N3O3/c1-2-23-17(22)14-9-19-16-13(6-7-18-16)15(14)20-12-5-3-4-11(8-12)10-21/h6-7,9,11-12,21H,2-5,8,10H2,1H3,(H2,18,19,20)/t11-,12-/m1/s1. The van der Waals surface area contributed by atoms with Crippen LogP contribution >= 0.6 is 0 Å². The van der Waals surface area contributed by atoms with Crippen LogP contribution in [0.4, 0.5) is 5.69 Å². The van der Waals surface area contributed by atoms with Gasteiger partial charge in [-0.1, -0.05) is 6.42 Å². The van der Waals surface area contributed by atoms with E-state index in [1.807, 2.05) is 12.3 Å². The summed E-state index contributed by atoms with van der Waals surface area (Å²) in [5, 5.41) is 13.8. The van der Waals surface area contributed by atoms with Crippen LogP contribution in [0.5, 0.6) is 0 Å². The number of nitrogens with one attached hydrogen (secondary N) is 2.